The topological polar surface area (TPSA) is 78.9 Å². The van der Waals surface area contributed by atoms with Gasteiger partial charge in [0.1, 0.15) is 13.2 Å². The molecule has 0 N–H and O–H groups in total. The summed E-state index contributed by atoms with van der Waals surface area (Å²) < 4.78 is 16.8. The minimum atomic E-state index is -0.841. The van der Waals surface area contributed by atoms with Crippen LogP contribution in [0.4, 0.5) is 0 Å². The monoisotopic (exact) mass is 1040 g/mol. The van der Waals surface area contributed by atoms with Gasteiger partial charge < -0.3 is 14.2 Å². The summed E-state index contributed by atoms with van der Waals surface area (Å²) in [4.78, 5) is 38.2. The van der Waals surface area contributed by atoms with E-state index in [1.165, 1.54) is 141 Å². The first kappa shape index (κ1) is 71.1. The molecule has 1 unspecified atom stereocenters. The SMILES string of the molecule is CC/C=C\C/C=C\C/C=C\C/C=C\C/C=C\CC(=O)OC(COC(=O)CCCCCCC/C=C\C/C=C\C/C=C\CC)COC(=O)CCCCCCCCCCCCCCCCC/C=C\CCCCCCCCCC. The molecule has 0 aliphatic carbocycles. The zero-order chi connectivity index (χ0) is 54.3. The number of rotatable bonds is 56. The molecule has 0 amide bonds. The van der Waals surface area contributed by atoms with E-state index in [2.05, 4.69) is 118 Å². The van der Waals surface area contributed by atoms with Gasteiger partial charge in [-0.25, -0.2) is 0 Å². The summed E-state index contributed by atoms with van der Waals surface area (Å²) in [5.41, 5.74) is 0. The molecule has 0 aromatic carbocycles. The Labute approximate surface area is 463 Å². The Hall–Kier alpha value is -3.93. The highest BCUT2D eigenvalue weighted by Gasteiger charge is 2.19. The molecular formula is C69H116O6. The van der Waals surface area contributed by atoms with E-state index in [0.717, 1.165) is 103 Å². The van der Waals surface area contributed by atoms with Crippen LogP contribution in [0.5, 0.6) is 0 Å². The molecule has 0 spiro atoms. The molecule has 0 aliphatic rings. The number of unbranched alkanes of at least 4 members (excludes halogenated alkanes) is 28. The van der Waals surface area contributed by atoms with Gasteiger partial charge in [0.05, 0.1) is 6.42 Å². The van der Waals surface area contributed by atoms with Crippen LogP contribution in [-0.2, 0) is 28.6 Å². The van der Waals surface area contributed by atoms with Gasteiger partial charge >= 0.3 is 17.9 Å². The predicted molar refractivity (Wildman–Crippen MR) is 325 cm³/mol. The van der Waals surface area contributed by atoms with Crippen molar-refractivity contribution in [3.8, 4) is 0 Å². The van der Waals surface area contributed by atoms with Crippen LogP contribution in [0.2, 0.25) is 0 Å². The summed E-state index contributed by atoms with van der Waals surface area (Å²) in [6, 6.07) is 0. The highest BCUT2D eigenvalue weighted by Crippen LogP contribution is 2.16. The number of carbonyl (C=O) groups is 3. The van der Waals surface area contributed by atoms with Crippen LogP contribution in [0.25, 0.3) is 0 Å². The number of esters is 3. The Balaban J connectivity index is 4.34. The van der Waals surface area contributed by atoms with Crippen molar-refractivity contribution in [1.82, 2.24) is 0 Å². The van der Waals surface area contributed by atoms with Crippen molar-refractivity contribution in [3.05, 3.63) is 109 Å². The largest absolute Gasteiger partial charge is 0.462 e. The smallest absolute Gasteiger partial charge is 0.310 e. The minimum Gasteiger partial charge on any atom is -0.462 e. The van der Waals surface area contributed by atoms with Crippen LogP contribution >= 0.6 is 0 Å². The van der Waals surface area contributed by atoms with E-state index in [1.807, 2.05) is 6.08 Å². The van der Waals surface area contributed by atoms with E-state index in [1.54, 1.807) is 6.08 Å². The van der Waals surface area contributed by atoms with Crippen LogP contribution in [0.3, 0.4) is 0 Å². The molecule has 0 radical (unpaired) electrons. The van der Waals surface area contributed by atoms with Gasteiger partial charge in [0.15, 0.2) is 6.10 Å². The molecule has 0 fully saturated rings. The molecule has 0 bridgehead atoms. The maximum absolute atomic E-state index is 12.8. The molecule has 6 heteroatoms. The Morgan fingerprint density at radius 1 is 0.293 bits per heavy atom. The highest BCUT2D eigenvalue weighted by molar-refractivity contribution is 5.72. The maximum atomic E-state index is 12.8. The third kappa shape index (κ3) is 60.8. The normalized spacial score (nSPS) is 12.8. The molecule has 0 saturated heterocycles. The second kappa shape index (κ2) is 62.6. The summed E-state index contributed by atoms with van der Waals surface area (Å²) in [6.07, 6.45) is 85.6. The van der Waals surface area contributed by atoms with E-state index in [-0.39, 0.29) is 31.6 Å². The Kier molecular flexibility index (Phi) is 59.3. The van der Waals surface area contributed by atoms with Crippen molar-refractivity contribution in [2.24, 2.45) is 0 Å². The maximum Gasteiger partial charge on any atom is 0.310 e. The molecule has 0 aromatic rings. The first-order chi connectivity index (χ1) is 37.0. The van der Waals surface area contributed by atoms with Gasteiger partial charge in [-0.1, -0.05) is 278 Å². The lowest BCUT2D eigenvalue weighted by Crippen LogP contribution is -2.30. The Morgan fingerprint density at radius 3 is 0.893 bits per heavy atom. The summed E-state index contributed by atoms with van der Waals surface area (Å²) >= 11 is 0. The first-order valence-electron chi connectivity index (χ1n) is 31.4. The summed E-state index contributed by atoms with van der Waals surface area (Å²) in [5.74, 6) is -1.07. The summed E-state index contributed by atoms with van der Waals surface area (Å²) in [5, 5.41) is 0. The molecule has 0 aromatic heterocycles. The molecule has 428 valence electrons. The number of hydrogen-bond acceptors (Lipinski definition) is 6. The quantitative estimate of drug-likeness (QED) is 0.0261. The molecule has 0 aliphatic heterocycles. The Morgan fingerprint density at radius 2 is 0.560 bits per heavy atom. The van der Waals surface area contributed by atoms with Gasteiger partial charge in [0.2, 0.25) is 0 Å². The van der Waals surface area contributed by atoms with Crippen LogP contribution in [0.15, 0.2) is 109 Å². The Bertz CT molecular complexity index is 1520. The van der Waals surface area contributed by atoms with Crippen molar-refractivity contribution in [2.75, 3.05) is 13.2 Å². The van der Waals surface area contributed by atoms with E-state index in [9.17, 15) is 14.4 Å². The van der Waals surface area contributed by atoms with E-state index in [4.69, 9.17) is 14.2 Å². The average molecular weight is 1040 g/mol. The zero-order valence-electron chi connectivity index (χ0n) is 49.0. The fourth-order valence-electron chi connectivity index (χ4n) is 8.65. The molecule has 6 nitrogen and oxygen atoms in total. The lowest BCUT2D eigenvalue weighted by Gasteiger charge is -2.18. The van der Waals surface area contributed by atoms with Crippen molar-refractivity contribution >= 4 is 17.9 Å². The number of hydrogen-bond donors (Lipinski definition) is 0. The summed E-state index contributed by atoms with van der Waals surface area (Å²) in [7, 11) is 0. The van der Waals surface area contributed by atoms with Gasteiger partial charge in [-0.15, -0.1) is 0 Å². The highest BCUT2D eigenvalue weighted by atomic mass is 16.6. The van der Waals surface area contributed by atoms with Crippen LogP contribution in [0.1, 0.15) is 290 Å². The lowest BCUT2D eigenvalue weighted by molar-refractivity contribution is -0.166. The fourth-order valence-corrected chi connectivity index (χ4v) is 8.65. The van der Waals surface area contributed by atoms with Gasteiger partial charge in [-0.05, 0) is 103 Å². The van der Waals surface area contributed by atoms with Crippen molar-refractivity contribution in [3.63, 3.8) is 0 Å². The van der Waals surface area contributed by atoms with Crippen LogP contribution < -0.4 is 0 Å². The lowest BCUT2D eigenvalue weighted by atomic mass is 10.0. The molecule has 75 heavy (non-hydrogen) atoms. The number of ether oxygens (including phenoxy) is 3. The molecule has 0 rings (SSSR count). The predicted octanol–water partition coefficient (Wildman–Crippen LogP) is 21.4. The van der Waals surface area contributed by atoms with E-state index < -0.39 is 12.1 Å². The number of carbonyl (C=O) groups excluding carboxylic acids is 3. The van der Waals surface area contributed by atoms with Crippen molar-refractivity contribution < 1.29 is 28.6 Å². The second-order valence-electron chi connectivity index (χ2n) is 20.6. The average Bonchev–Trinajstić information content (AvgIpc) is 3.41. The van der Waals surface area contributed by atoms with Crippen LogP contribution in [-0.4, -0.2) is 37.2 Å². The first-order valence-corrected chi connectivity index (χ1v) is 31.4. The molecule has 0 saturated carbocycles. The van der Waals surface area contributed by atoms with E-state index in [0.29, 0.717) is 19.3 Å². The second-order valence-corrected chi connectivity index (χ2v) is 20.6. The third-order valence-corrected chi connectivity index (χ3v) is 13.3. The summed E-state index contributed by atoms with van der Waals surface area (Å²) in [6.45, 7) is 6.33. The van der Waals surface area contributed by atoms with Crippen molar-refractivity contribution in [2.45, 2.75) is 297 Å². The van der Waals surface area contributed by atoms with E-state index >= 15 is 0 Å². The van der Waals surface area contributed by atoms with Crippen LogP contribution in [0, 0.1) is 0 Å². The van der Waals surface area contributed by atoms with Gasteiger partial charge in [-0.3, -0.25) is 14.4 Å². The van der Waals surface area contributed by atoms with Gasteiger partial charge in [0.25, 0.3) is 0 Å². The standard InChI is InChI=1S/C69H116O6/c1-4-7-10-13-16-19-22-25-28-29-30-31-32-33-34-35-36-37-38-39-42-44-47-50-53-56-59-62-68(71)74-65-66(75-69(72)63-60-57-54-51-48-45-41-27-24-21-18-15-12-9-6-3)64-73-67(70)61-58-55-52-49-46-43-40-26-23-20-17-14-11-8-5-2/h8-9,11-12,17-18,20-21,26-27,29-30,40-41,48,51,57,60,66H,4-7,10,13-16,19,22-25,28,31-39,42-47,49-50,52-56,58-59,61-65H2,1-3H3/b11-8-,12-9-,20-17-,21-18-,30-29-,40-26-,41-27-,51-48-,60-57-. The molecular weight excluding hydrogens is 925 g/mol. The number of allylic oxidation sites excluding steroid dienone is 17. The third-order valence-electron chi connectivity index (χ3n) is 13.3. The van der Waals surface area contributed by atoms with Crippen molar-refractivity contribution in [1.29, 1.82) is 0 Å². The zero-order valence-corrected chi connectivity index (χ0v) is 49.0. The molecule has 1 atom stereocenters. The minimum absolute atomic E-state index is 0.0910. The fraction of sp³-hybridized carbons (Fsp3) is 0.696. The van der Waals surface area contributed by atoms with Gasteiger partial charge in [-0.2, -0.15) is 0 Å². The van der Waals surface area contributed by atoms with Gasteiger partial charge in [0, 0.05) is 12.8 Å². The molecule has 0 heterocycles.